The van der Waals surface area contributed by atoms with Crippen molar-refractivity contribution in [3.63, 3.8) is 0 Å². The van der Waals surface area contributed by atoms with Gasteiger partial charge in [-0.25, -0.2) is 13.6 Å². The lowest BCUT2D eigenvalue weighted by molar-refractivity contribution is -0.384. The number of nitrogens with two attached hydrogens (primary N) is 1. The summed E-state index contributed by atoms with van der Waals surface area (Å²) in [6, 6.07) is 13.7. The molecule has 202 valence electrons. The molecule has 0 bridgehead atoms. The summed E-state index contributed by atoms with van der Waals surface area (Å²) in [5, 5.41) is 22.8. The maximum Gasteiger partial charge on any atom is 0.416 e. The highest BCUT2D eigenvalue weighted by Crippen LogP contribution is 2.37. The van der Waals surface area contributed by atoms with Gasteiger partial charge in [0.25, 0.3) is 11.6 Å². The fraction of sp³-hybridized carbons (Fsp3) is 0.0870. The van der Waals surface area contributed by atoms with Crippen LogP contribution in [0.3, 0.4) is 0 Å². The molecule has 0 saturated carbocycles. The Kier molecular flexibility index (Phi) is 7.36. The van der Waals surface area contributed by atoms with E-state index >= 15 is 0 Å². The molecule has 11 nitrogen and oxygen atoms in total. The Morgan fingerprint density at radius 2 is 1.77 bits per heavy atom. The lowest BCUT2D eigenvalue weighted by atomic mass is 10.1. The van der Waals surface area contributed by atoms with Gasteiger partial charge in [0.2, 0.25) is 10.0 Å². The fourth-order valence-electron chi connectivity index (χ4n) is 3.86. The highest BCUT2D eigenvalue weighted by atomic mass is 32.2. The average Bonchev–Trinajstić information content (AvgIpc) is 3.12. The van der Waals surface area contributed by atoms with Crippen LogP contribution in [-0.4, -0.2) is 30.1 Å². The zero-order valence-corrected chi connectivity index (χ0v) is 21.1. The van der Waals surface area contributed by atoms with E-state index in [1.165, 1.54) is 48.5 Å². The van der Waals surface area contributed by atoms with Crippen molar-refractivity contribution in [2.75, 3.05) is 10.2 Å². The largest absolute Gasteiger partial charge is 0.416 e. The minimum absolute atomic E-state index is 0.0110. The Hall–Kier alpha value is -4.41. The van der Waals surface area contributed by atoms with Gasteiger partial charge in [-0.05, 0) is 42.0 Å². The number of alkyl halides is 3. The molecular formula is C23H17F3N6O5S2. The molecule has 16 heteroatoms. The zero-order chi connectivity index (χ0) is 28.5. The third kappa shape index (κ3) is 5.87. The zero-order valence-electron chi connectivity index (χ0n) is 19.5. The van der Waals surface area contributed by atoms with Crippen LogP contribution in [0.5, 0.6) is 0 Å². The first-order valence-corrected chi connectivity index (χ1v) is 12.7. The van der Waals surface area contributed by atoms with Gasteiger partial charge in [-0.2, -0.15) is 18.3 Å². The monoisotopic (exact) mass is 578 g/mol. The number of amides is 1. The van der Waals surface area contributed by atoms with Crippen LogP contribution in [0.25, 0.3) is 0 Å². The molecule has 1 aliphatic rings. The number of rotatable bonds is 6. The number of nitrogens with zero attached hydrogens (tertiary/aromatic N) is 3. The Bertz CT molecular complexity index is 1640. The molecule has 0 aliphatic carbocycles. The van der Waals surface area contributed by atoms with Crippen molar-refractivity contribution in [1.29, 1.82) is 0 Å². The van der Waals surface area contributed by atoms with E-state index in [0.29, 0.717) is 0 Å². The summed E-state index contributed by atoms with van der Waals surface area (Å²) in [4.78, 5) is 24.7. The van der Waals surface area contributed by atoms with Gasteiger partial charge in [0.1, 0.15) is 4.90 Å². The fourth-order valence-corrected chi connectivity index (χ4v) is 4.71. The Morgan fingerprint density at radius 1 is 1.10 bits per heavy atom. The second-order valence-electron chi connectivity index (χ2n) is 8.07. The van der Waals surface area contributed by atoms with Crippen LogP contribution in [0.4, 0.5) is 30.2 Å². The first kappa shape index (κ1) is 27.6. The summed E-state index contributed by atoms with van der Waals surface area (Å²) in [5.74, 6) is -0.845. The Balaban J connectivity index is 1.68. The molecule has 39 heavy (non-hydrogen) atoms. The van der Waals surface area contributed by atoms with Gasteiger partial charge in [0, 0.05) is 17.7 Å². The van der Waals surface area contributed by atoms with E-state index in [1.54, 1.807) is 0 Å². The topological polar surface area (TPSA) is 160 Å². The maximum atomic E-state index is 13.5. The number of hydrazone groups is 1. The molecule has 3 aromatic carbocycles. The summed E-state index contributed by atoms with van der Waals surface area (Å²) < 4.78 is 64.3. The number of anilines is 2. The molecule has 1 aliphatic heterocycles. The first-order chi connectivity index (χ1) is 18.3. The normalized spacial score (nSPS) is 14.3. The van der Waals surface area contributed by atoms with Crippen LogP contribution in [0.15, 0.2) is 76.7 Å². The van der Waals surface area contributed by atoms with Crippen molar-refractivity contribution in [2.24, 2.45) is 10.2 Å². The molecule has 1 amide bonds. The van der Waals surface area contributed by atoms with Crippen molar-refractivity contribution in [3.05, 3.63) is 93.5 Å². The van der Waals surface area contributed by atoms with Gasteiger partial charge < -0.3 is 10.2 Å². The van der Waals surface area contributed by atoms with Crippen LogP contribution >= 0.6 is 12.2 Å². The highest BCUT2D eigenvalue weighted by Gasteiger charge is 2.38. The van der Waals surface area contributed by atoms with Gasteiger partial charge in [-0.3, -0.25) is 20.3 Å². The predicted octanol–water partition coefficient (Wildman–Crippen LogP) is 3.50. The standard InChI is InChI=1S/C23H17F3N6O5S2/c24-23(25,26)16-6-2-1-5-13(16)12-31-18-10-9-14(32(34)35)11-15(18)20(21(31)33)29-30-22(38)28-17-7-3-4-8-19(17)39(27,36)37/h1-11H,12H2,(H2,27,36,37)(H2,28,30,38). The minimum atomic E-state index is -4.68. The number of carbonyl (C=O) groups is 1. The van der Waals surface area contributed by atoms with Gasteiger partial charge in [0.05, 0.1) is 28.4 Å². The van der Waals surface area contributed by atoms with E-state index < -0.39 is 39.1 Å². The van der Waals surface area contributed by atoms with Gasteiger partial charge in [-0.15, -0.1) is 0 Å². The lowest BCUT2D eigenvalue weighted by Crippen LogP contribution is -2.33. The van der Waals surface area contributed by atoms with E-state index in [0.717, 1.165) is 23.1 Å². The smallest absolute Gasteiger partial charge is 0.330 e. The van der Waals surface area contributed by atoms with Crippen molar-refractivity contribution in [3.8, 4) is 0 Å². The van der Waals surface area contributed by atoms with Crippen LogP contribution < -0.4 is 20.8 Å². The quantitative estimate of drug-likeness (QED) is 0.228. The number of nitrogens with one attached hydrogen (secondary N) is 2. The van der Waals surface area contributed by atoms with E-state index in [-0.39, 0.29) is 43.9 Å². The maximum absolute atomic E-state index is 13.5. The van der Waals surface area contributed by atoms with E-state index in [9.17, 15) is 36.5 Å². The second-order valence-corrected chi connectivity index (χ2v) is 10.0. The number of hydrogen-bond donors (Lipinski definition) is 3. The number of carbonyl (C=O) groups excluding carboxylic acids is 1. The average molecular weight is 579 g/mol. The third-order valence-electron chi connectivity index (χ3n) is 5.55. The van der Waals surface area contributed by atoms with Crippen molar-refractivity contribution in [2.45, 2.75) is 17.6 Å². The number of hydrogen-bond acceptors (Lipinski definition) is 7. The van der Waals surface area contributed by atoms with E-state index in [1.807, 2.05) is 0 Å². The second kappa shape index (κ2) is 10.4. The number of halogens is 3. The molecule has 4 rings (SSSR count). The number of sulfonamides is 1. The first-order valence-electron chi connectivity index (χ1n) is 10.8. The van der Waals surface area contributed by atoms with Gasteiger partial charge in [0.15, 0.2) is 10.8 Å². The molecule has 0 spiro atoms. The molecule has 0 fully saturated rings. The molecule has 0 aromatic heterocycles. The number of non-ortho nitro benzene ring substituents is 1. The Morgan fingerprint density at radius 3 is 2.44 bits per heavy atom. The summed E-state index contributed by atoms with van der Waals surface area (Å²) in [5.41, 5.74) is 0.581. The molecular weight excluding hydrogens is 561 g/mol. The molecule has 1 heterocycles. The number of nitro benzene ring substituents is 1. The number of benzene rings is 3. The molecule has 0 unspecified atom stereocenters. The summed E-state index contributed by atoms with van der Waals surface area (Å²) >= 11 is 5.13. The Labute approximate surface area is 224 Å². The number of para-hydroxylation sites is 1. The van der Waals surface area contributed by atoms with Crippen LogP contribution in [-0.2, 0) is 27.5 Å². The van der Waals surface area contributed by atoms with Crippen molar-refractivity contribution >= 4 is 56.0 Å². The molecule has 0 atom stereocenters. The summed E-state index contributed by atoms with van der Waals surface area (Å²) in [6.45, 7) is -0.497. The molecule has 0 saturated heterocycles. The van der Waals surface area contributed by atoms with Gasteiger partial charge in [-0.1, -0.05) is 30.3 Å². The molecule has 4 N–H and O–H groups in total. The number of nitro groups is 1. The van der Waals surface area contributed by atoms with E-state index in [4.69, 9.17) is 17.4 Å². The molecule has 3 aromatic rings. The van der Waals surface area contributed by atoms with Gasteiger partial charge >= 0.3 is 6.18 Å². The number of thiocarbonyl (C=S) groups is 1. The number of primary sulfonamides is 1. The van der Waals surface area contributed by atoms with E-state index in [2.05, 4.69) is 15.8 Å². The van der Waals surface area contributed by atoms with Crippen LogP contribution in [0, 0.1) is 10.1 Å². The van der Waals surface area contributed by atoms with Crippen molar-refractivity contribution < 1.29 is 31.3 Å². The summed E-state index contributed by atoms with van der Waals surface area (Å²) in [7, 11) is -4.11. The molecule has 0 radical (unpaired) electrons. The number of fused-ring (bicyclic) bond motifs is 1. The van der Waals surface area contributed by atoms with Crippen LogP contribution in [0.1, 0.15) is 16.7 Å². The third-order valence-corrected chi connectivity index (χ3v) is 6.71. The minimum Gasteiger partial charge on any atom is -0.330 e. The van der Waals surface area contributed by atoms with Crippen molar-refractivity contribution in [1.82, 2.24) is 5.43 Å². The summed E-state index contributed by atoms with van der Waals surface area (Å²) in [6.07, 6.45) is -4.68. The lowest BCUT2D eigenvalue weighted by Gasteiger charge is -2.20. The predicted molar refractivity (Wildman–Crippen MR) is 139 cm³/mol. The SMILES string of the molecule is NS(=O)(=O)c1ccccc1NC(=S)NN=C1C(=O)N(Cc2ccccc2C(F)(F)F)c2ccc([N+](=O)[O-])cc21. The highest BCUT2D eigenvalue weighted by molar-refractivity contribution is 7.89. The van der Waals surface area contributed by atoms with Crippen LogP contribution in [0.2, 0.25) is 0 Å².